The number of nitrogens with one attached hydrogen (secondary N) is 1. The Hall–Kier alpha value is -3.20. The van der Waals surface area contributed by atoms with Gasteiger partial charge in [-0.2, -0.15) is 5.10 Å². The minimum Gasteiger partial charge on any atom is -0.312 e. The number of anilines is 2. The number of hydrogen-bond donors (Lipinski definition) is 1. The summed E-state index contributed by atoms with van der Waals surface area (Å²) in [5.41, 5.74) is 1.67. The van der Waals surface area contributed by atoms with Crippen molar-refractivity contribution in [1.29, 1.82) is 0 Å². The number of aromatic nitrogens is 3. The van der Waals surface area contributed by atoms with Gasteiger partial charge in [0.1, 0.15) is 12.7 Å². The fraction of sp³-hybridized carbons (Fsp3) is 0.167. The van der Waals surface area contributed by atoms with Crippen molar-refractivity contribution < 1.29 is 13.2 Å². The molecule has 1 amide bonds. The molecular formula is C18H17N5O3S. The molecule has 4 rings (SSSR count). The maximum Gasteiger partial charge on any atom is 0.261 e. The molecule has 0 radical (unpaired) electrons. The summed E-state index contributed by atoms with van der Waals surface area (Å²) in [6.45, 7) is 0.661. The molecule has 0 aliphatic carbocycles. The Kier molecular flexibility index (Phi) is 4.36. The topological polar surface area (TPSA) is 97.2 Å². The third kappa shape index (κ3) is 3.41. The smallest absolute Gasteiger partial charge is 0.261 e. The monoisotopic (exact) mass is 383 g/mol. The predicted molar refractivity (Wildman–Crippen MR) is 100 cm³/mol. The fourth-order valence-electron chi connectivity index (χ4n) is 3.02. The molecule has 3 aromatic rings. The van der Waals surface area contributed by atoms with Crippen LogP contribution in [0.3, 0.4) is 0 Å². The maximum atomic E-state index is 12.8. The molecule has 8 nitrogen and oxygen atoms in total. The quantitative estimate of drug-likeness (QED) is 0.728. The van der Waals surface area contributed by atoms with Crippen LogP contribution in [0.5, 0.6) is 0 Å². The minimum absolute atomic E-state index is 0.0606. The van der Waals surface area contributed by atoms with Crippen LogP contribution in [0, 0.1) is 0 Å². The summed E-state index contributed by atoms with van der Waals surface area (Å²) in [6, 6.07) is 13.2. The van der Waals surface area contributed by atoms with Crippen molar-refractivity contribution in [3.63, 3.8) is 0 Å². The van der Waals surface area contributed by atoms with E-state index in [4.69, 9.17) is 0 Å². The molecule has 1 aliphatic heterocycles. The summed E-state index contributed by atoms with van der Waals surface area (Å²) >= 11 is 0. The third-order valence-electron chi connectivity index (χ3n) is 4.35. The summed E-state index contributed by atoms with van der Waals surface area (Å²) in [6.07, 6.45) is 4.22. The van der Waals surface area contributed by atoms with Crippen LogP contribution < -0.4 is 9.62 Å². The van der Waals surface area contributed by atoms with Gasteiger partial charge in [0, 0.05) is 18.7 Å². The number of rotatable bonds is 5. The molecular weight excluding hydrogens is 366 g/mol. The molecule has 1 saturated heterocycles. The highest BCUT2D eigenvalue weighted by Crippen LogP contribution is 2.26. The summed E-state index contributed by atoms with van der Waals surface area (Å²) in [5, 5.41) is 4.05. The normalized spacial score (nSPS) is 14.5. The van der Waals surface area contributed by atoms with E-state index in [1.807, 2.05) is 0 Å². The number of nitrogens with zero attached hydrogens (tertiary/aromatic N) is 4. The fourth-order valence-corrected chi connectivity index (χ4v) is 4.10. The van der Waals surface area contributed by atoms with E-state index in [-0.39, 0.29) is 10.8 Å². The Bertz CT molecular complexity index is 1060. The van der Waals surface area contributed by atoms with Crippen molar-refractivity contribution in [2.24, 2.45) is 0 Å². The zero-order chi connectivity index (χ0) is 18.9. The van der Waals surface area contributed by atoms with Crippen LogP contribution in [0.2, 0.25) is 0 Å². The number of benzene rings is 2. The lowest BCUT2D eigenvalue weighted by Crippen LogP contribution is -2.23. The Morgan fingerprint density at radius 1 is 1.04 bits per heavy atom. The highest BCUT2D eigenvalue weighted by atomic mass is 32.2. The lowest BCUT2D eigenvalue weighted by molar-refractivity contribution is -0.117. The molecule has 27 heavy (non-hydrogen) atoms. The molecule has 0 saturated carbocycles. The van der Waals surface area contributed by atoms with Crippen LogP contribution in [0.4, 0.5) is 11.4 Å². The van der Waals surface area contributed by atoms with Crippen LogP contribution in [-0.2, 0) is 14.8 Å². The standard InChI is InChI=1S/C18H17N5O3S/c24-18-6-3-11-22(18)14-7-9-15(10-8-14)27(25,26)21-16-4-1-2-5-17(16)23-13-19-12-20-23/h1-2,4-5,7-10,12-13,21H,3,6,11H2. The van der Waals surface area contributed by atoms with E-state index in [9.17, 15) is 13.2 Å². The van der Waals surface area contributed by atoms with Gasteiger partial charge < -0.3 is 4.90 Å². The van der Waals surface area contributed by atoms with Crippen LogP contribution >= 0.6 is 0 Å². The molecule has 1 fully saturated rings. The Morgan fingerprint density at radius 3 is 2.48 bits per heavy atom. The van der Waals surface area contributed by atoms with Gasteiger partial charge in [-0.3, -0.25) is 9.52 Å². The molecule has 2 aromatic carbocycles. The molecule has 1 N–H and O–H groups in total. The Balaban J connectivity index is 1.61. The molecule has 0 atom stereocenters. The van der Waals surface area contributed by atoms with Crippen molar-refractivity contribution in [2.75, 3.05) is 16.2 Å². The second kappa shape index (κ2) is 6.84. The average molecular weight is 383 g/mol. The number of para-hydroxylation sites is 2. The summed E-state index contributed by atoms with van der Waals surface area (Å²) in [7, 11) is -3.80. The number of amides is 1. The van der Waals surface area contributed by atoms with Gasteiger partial charge in [0.2, 0.25) is 5.91 Å². The number of hydrogen-bond acceptors (Lipinski definition) is 5. The molecule has 2 heterocycles. The van der Waals surface area contributed by atoms with Crippen molar-refractivity contribution in [3.8, 4) is 5.69 Å². The second-order valence-corrected chi connectivity index (χ2v) is 7.79. The van der Waals surface area contributed by atoms with Gasteiger partial charge in [0.15, 0.2) is 0 Å². The van der Waals surface area contributed by atoms with E-state index in [0.29, 0.717) is 30.0 Å². The van der Waals surface area contributed by atoms with Gasteiger partial charge in [-0.15, -0.1) is 0 Å². The predicted octanol–water partition coefficient (Wildman–Crippen LogP) is 2.19. The molecule has 138 valence electrons. The molecule has 0 bridgehead atoms. The van der Waals surface area contributed by atoms with Crippen molar-refractivity contribution in [1.82, 2.24) is 14.8 Å². The van der Waals surface area contributed by atoms with Gasteiger partial charge in [-0.25, -0.2) is 18.1 Å². The first-order chi connectivity index (χ1) is 13.0. The lowest BCUT2D eigenvalue weighted by Gasteiger charge is -2.16. The van der Waals surface area contributed by atoms with E-state index in [1.54, 1.807) is 41.3 Å². The molecule has 1 aliphatic rings. The lowest BCUT2D eigenvalue weighted by atomic mass is 10.3. The van der Waals surface area contributed by atoms with Crippen molar-refractivity contribution >= 4 is 27.3 Å². The SMILES string of the molecule is O=C1CCCN1c1ccc(S(=O)(=O)Nc2ccccc2-n2cncn2)cc1. The zero-order valence-corrected chi connectivity index (χ0v) is 15.1. The Labute approximate surface area is 156 Å². The van der Waals surface area contributed by atoms with Gasteiger partial charge in [-0.05, 0) is 42.8 Å². The highest BCUT2D eigenvalue weighted by molar-refractivity contribution is 7.92. The number of carbonyl (C=O) groups excluding carboxylic acids is 1. The first-order valence-corrected chi connectivity index (χ1v) is 9.90. The average Bonchev–Trinajstić information content (AvgIpc) is 3.34. The zero-order valence-electron chi connectivity index (χ0n) is 14.3. The first kappa shape index (κ1) is 17.2. The summed E-state index contributed by atoms with van der Waals surface area (Å²) in [5.74, 6) is 0.0606. The van der Waals surface area contributed by atoms with Crippen molar-refractivity contribution in [3.05, 3.63) is 61.2 Å². The number of carbonyl (C=O) groups is 1. The third-order valence-corrected chi connectivity index (χ3v) is 5.73. The van der Waals surface area contributed by atoms with E-state index in [1.165, 1.54) is 29.5 Å². The highest BCUT2D eigenvalue weighted by Gasteiger charge is 2.23. The maximum absolute atomic E-state index is 12.8. The number of sulfonamides is 1. The van der Waals surface area contributed by atoms with Gasteiger partial charge in [0.05, 0.1) is 16.3 Å². The van der Waals surface area contributed by atoms with E-state index in [0.717, 1.165) is 6.42 Å². The molecule has 9 heteroatoms. The van der Waals surface area contributed by atoms with Gasteiger partial charge >= 0.3 is 0 Å². The van der Waals surface area contributed by atoms with Crippen LogP contribution in [0.1, 0.15) is 12.8 Å². The van der Waals surface area contributed by atoms with Crippen LogP contribution in [0.15, 0.2) is 66.1 Å². The minimum atomic E-state index is -3.80. The largest absolute Gasteiger partial charge is 0.312 e. The van der Waals surface area contributed by atoms with Crippen LogP contribution in [-0.4, -0.2) is 35.6 Å². The summed E-state index contributed by atoms with van der Waals surface area (Å²) < 4.78 is 29.6. The van der Waals surface area contributed by atoms with Gasteiger partial charge in [-0.1, -0.05) is 12.1 Å². The van der Waals surface area contributed by atoms with Gasteiger partial charge in [0.25, 0.3) is 10.0 Å². The summed E-state index contributed by atoms with van der Waals surface area (Å²) in [4.78, 5) is 17.5. The van der Waals surface area contributed by atoms with E-state index in [2.05, 4.69) is 14.8 Å². The molecule has 0 unspecified atom stereocenters. The molecule has 0 spiro atoms. The van der Waals surface area contributed by atoms with E-state index < -0.39 is 10.0 Å². The molecule has 1 aromatic heterocycles. The van der Waals surface area contributed by atoms with Crippen molar-refractivity contribution in [2.45, 2.75) is 17.7 Å². The first-order valence-electron chi connectivity index (χ1n) is 8.42. The second-order valence-electron chi connectivity index (χ2n) is 6.11. The van der Waals surface area contributed by atoms with Crippen LogP contribution in [0.25, 0.3) is 5.69 Å². The Morgan fingerprint density at radius 2 is 1.81 bits per heavy atom. The van der Waals surface area contributed by atoms with E-state index >= 15 is 0 Å².